The molecule has 0 spiro atoms. The van der Waals surface area contributed by atoms with Crippen LogP contribution in [0.25, 0.3) is 0 Å². The van der Waals surface area contributed by atoms with Crippen molar-refractivity contribution in [2.45, 2.75) is 52.9 Å². The Morgan fingerprint density at radius 3 is 1.84 bits per heavy atom. The fourth-order valence-electron chi connectivity index (χ4n) is 1.79. The molecular formula is C14H25BrO4. The minimum Gasteiger partial charge on any atom is -0.465 e. The fourth-order valence-corrected chi connectivity index (χ4v) is 2.19. The Bertz CT molecular complexity index is 261. The number of alkyl halides is 1. The SMILES string of the molecule is CCOC(=O)C(C)(CCCCCCBr)C(=O)OCC. The Balaban J connectivity index is 4.49. The normalized spacial score (nSPS) is 11.2. The van der Waals surface area contributed by atoms with E-state index in [0.29, 0.717) is 6.42 Å². The summed E-state index contributed by atoms with van der Waals surface area (Å²) in [6, 6.07) is 0. The molecule has 0 saturated heterocycles. The molecule has 19 heavy (non-hydrogen) atoms. The highest BCUT2D eigenvalue weighted by molar-refractivity contribution is 9.09. The molecule has 0 N–H and O–H groups in total. The highest BCUT2D eigenvalue weighted by Crippen LogP contribution is 2.28. The lowest BCUT2D eigenvalue weighted by molar-refractivity contribution is -0.171. The van der Waals surface area contributed by atoms with E-state index in [9.17, 15) is 9.59 Å². The predicted molar refractivity (Wildman–Crippen MR) is 78.3 cm³/mol. The Kier molecular flexibility index (Phi) is 9.92. The third-order valence-electron chi connectivity index (χ3n) is 3.01. The predicted octanol–water partition coefficient (Wildman–Crippen LogP) is 3.46. The average Bonchev–Trinajstić information content (AvgIpc) is 2.38. The van der Waals surface area contributed by atoms with E-state index < -0.39 is 17.4 Å². The van der Waals surface area contributed by atoms with E-state index in [4.69, 9.17) is 9.47 Å². The summed E-state index contributed by atoms with van der Waals surface area (Å²) in [7, 11) is 0. The molecule has 0 aliphatic rings. The van der Waals surface area contributed by atoms with E-state index in [1.165, 1.54) is 0 Å². The summed E-state index contributed by atoms with van der Waals surface area (Å²) in [6.45, 7) is 5.64. The number of esters is 2. The number of hydrogen-bond acceptors (Lipinski definition) is 4. The third kappa shape index (κ3) is 6.41. The first-order valence-corrected chi connectivity index (χ1v) is 8.05. The molecule has 5 heteroatoms. The van der Waals surface area contributed by atoms with Gasteiger partial charge in [0.25, 0.3) is 0 Å². The molecule has 112 valence electrons. The summed E-state index contributed by atoms with van der Waals surface area (Å²) >= 11 is 3.38. The minimum atomic E-state index is -1.17. The highest BCUT2D eigenvalue weighted by Gasteiger charge is 2.43. The van der Waals surface area contributed by atoms with Gasteiger partial charge >= 0.3 is 11.9 Å². The zero-order valence-electron chi connectivity index (χ0n) is 12.2. The van der Waals surface area contributed by atoms with E-state index in [-0.39, 0.29) is 13.2 Å². The number of unbranched alkanes of at least 4 members (excludes halogenated alkanes) is 3. The largest absolute Gasteiger partial charge is 0.465 e. The second-order valence-corrected chi connectivity index (χ2v) is 5.42. The van der Waals surface area contributed by atoms with Crippen molar-refractivity contribution in [3.8, 4) is 0 Å². The monoisotopic (exact) mass is 336 g/mol. The first kappa shape index (κ1) is 18.4. The summed E-state index contributed by atoms with van der Waals surface area (Å²) in [4.78, 5) is 23.9. The Morgan fingerprint density at radius 2 is 1.42 bits per heavy atom. The molecular weight excluding hydrogens is 312 g/mol. The number of carbonyl (C=O) groups is 2. The lowest BCUT2D eigenvalue weighted by Crippen LogP contribution is -2.39. The molecule has 4 nitrogen and oxygen atoms in total. The molecule has 0 heterocycles. The van der Waals surface area contributed by atoms with Gasteiger partial charge in [-0.1, -0.05) is 35.2 Å². The molecule has 0 fully saturated rings. The van der Waals surface area contributed by atoms with E-state index in [0.717, 1.165) is 31.0 Å². The van der Waals surface area contributed by atoms with Gasteiger partial charge in [0.05, 0.1) is 13.2 Å². The quantitative estimate of drug-likeness (QED) is 0.265. The van der Waals surface area contributed by atoms with Crippen molar-refractivity contribution in [2.24, 2.45) is 5.41 Å². The van der Waals surface area contributed by atoms with Crippen LogP contribution >= 0.6 is 15.9 Å². The van der Waals surface area contributed by atoms with Gasteiger partial charge in [0.2, 0.25) is 0 Å². The first-order chi connectivity index (χ1) is 9.02. The van der Waals surface area contributed by atoms with Gasteiger partial charge in [-0.2, -0.15) is 0 Å². The maximum Gasteiger partial charge on any atom is 0.323 e. The van der Waals surface area contributed by atoms with Gasteiger partial charge in [0.15, 0.2) is 5.41 Å². The summed E-state index contributed by atoms with van der Waals surface area (Å²) < 4.78 is 10.0. The Morgan fingerprint density at radius 1 is 0.947 bits per heavy atom. The molecule has 0 aromatic heterocycles. The van der Waals surface area contributed by atoms with Gasteiger partial charge in [0.1, 0.15) is 0 Å². The van der Waals surface area contributed by atoms with Crippen molar-refractivity contribution in [2.75, 3.05) is 18.5 Å². The van der Waals surface area contributed by atoms with Crippen molar-refractivity contribution in [1.29, 1.82) is 0 Å². The van der Waals surface area contributed by atoms with Gasteiger partial charge in [-0.05, 0) is 33.6 Å². The highest BCUT2D eigenvalue weighted by atomic mass is 79.9. The first-order valence-electron chi connectivity index (χ1n) is 6.93. The second-order valence-electron chi connectivity index (χ2n) is 4.63. The van der Waals surface area contributed by atoms with Crippen LogP contribution in [-0.4, -0.2) is 30.5 Å². The lowest BCUT2D eigenvalue weighted by Gasteiger charge is -2.24. The van der Waals surface area contributed by atoms with Crippen LogP contribution in [0.3, 0.4) is 0 Å². The summed E-state index contributed by atoms with van der Waals surface area (Å²) in [5, 5.41) is 0.986. The summed E-state index contributed by atoms with van der Waals surface area (Å²) in [5.41, 5.74) is -1.17. The molecule has 0 aromatic rings. The van der Waals surface area contributed by atoms with Crippen LogP contribution in [0.15, 0.2) is 0 Å². The van der Waals surface area contributed by atoms with E-state index >= 15 is 0 Å². The molecule has 0 saturated carbocycles. The number of rotatable bonds is 10. The zero-order valence-corrected chi connectivity index (χ0v) is 13.8. The van der Waals surface area contributed by atoms with E-state index in [2.05, 4.69) is 15.9 Å². The molecule has 0 rings (SSSR count). The van der Waals surface area contributed by atoms with Crippen LogP contribution in [0.1, 0.15) is 52.9 Å². The van der Waals surface area contributed by atoms with Crippen LogP contribution in [0.2, 0.25) is 0 Å². The van der Waals surface area contributed by atoms with Crippen molar-refractivity contribution >= 4 is 27.9 Å². The second kappa shape index (κ2) is 10.2. The van der Waals surface area contributed by atoms with Gasteiger partial charge in [-0.25, -0.2) is 0 Å². The maximum absolute atomic E-state index is 12.0. The fraction of sp³-hybridized carbons (Fsp3) is 0.857. The van der Waals surface area contributed by atoms with Gasteiger partial charge in [0, 0.05) is 5.33 Å². The van der Waals surface area contributed by atoms with E-state index in [1.807, 2.05) is 0 Å². The van der Waals surface area contributed by atoms with E-state index in [1.54, 1.807) is 20.8 Å². The maximum atomic E-state index is 12.0. The molecule has 0 aromatic carbocycles. The number of carbonyl (C=O) groups excluding carboxylic acids is 2. The Labute approximate surface area is 124 Å². The molecule has 0 unspecified atom stereocenters. The molecule has 0 atom stereocenters. The number of ether oxygens (including phenoxy) is 2. The van der Waals surface area contributed by atoms with Crippen molar-refractivity contribution in [3.63, 3.8) is 0 Å². The van der Waals surface area contributed by atoms with Gasteiger partial charge < -0.3 is 9.47 Å². The topological polar surface area (TPSA) is 52.6 Å². The van der Waals surface area contributed by atoms with Crippen molar-refractivity contribution in [3.05, 3.63) is 0 Å². The van der Waals surface area contributed by atoms with Gasteiger partial charge in [-0.3, -0.25) is 9.59 Å². The molecule has 0 aliphatic heterocycles. The number of halogens is 1. The summed E-state index contributed by atoms with van der Waals surface area (Å²) in [6.07, 6.45) is 4.50. The number of hydrogen-bond donors (Lipinski definition) is 0. The van der Waals surface area contributed by atoms with Crippen LogP contribution in [-0.2, 0) is 19.1 Å². The minimum absolute atomic E-state index is 0.275. The Hall–Kier alpha value is -0.580. The molecule has 0 radical (unpaired) electrons. The molecule has 0 bridgehead atoms. The molecule has 0 aliphatic carbocycles. The lowest BCUT2D eigenvalue weighted by atomic mass is 9.84. The van der Waals surface area contributed by atoms with Crippen LogP contribution < -0.4 is 0 Å². The smallest absolute Gasteiger partial charge is 0.323 e. The summed E-state index contributed by atoms with van der Waals surface area (Å²) in [5.74, 6) is -0.956. The van der Waals surface area contributed by atoms with Crippen molar-refractivity contribution < 1.29 is 19.1 Å². The van der Waals surface area contributed by atoms with Crippen LogP contribution in [0, 0.1) is 5.41 Å². The van der Waals surface area contributed by atoms with Gasteiger partial charge in [-0.15, -0.1) is 0 Å². The third-order valence-corrected chi connectivity index (χ3v) is 3.57. The van der Waals surface area contributed by atoms with Crippen LogP contribution in [0.4, 0.5) is 0 Å². The standard InChI is InChI=1S/C14H25BrO4/c1-4-18-12(16)14(3,13(17)19-5-2)10-8-6-7-9-11-15/h4-11H2,1-3H3. The zero-order chi connectivity index (χ0) is 14.7. The van der Waals surface area contributed by atoms with Crippen LogP contribution in [0.5, 0.6) is 0 Å². The average molecular weight is 337 g/mol. The molecule has 0 amide bonds. The van der Waals surface area contributed by atoms with Crippen molar-refractivity contribution in [1.82, 2.24) is 0 Å².